The topological polar surface area (TPSA) is 79.2 Å². The lowest BCUT2D eigenvalue weighted by Crippen LogP contribution is -2.58. The third kappa shape index (κ3) is 2.31. The molecule has 0 unspecified atom stereocenters. The summed E-state index contributed by atoms with van der Waals surface area (Å²) >= 11 is 2.03. The van der Waals surface area contributed by atoms with Gasteiger partial charge in [0.1, 0.15) is 18.3 Å². The van der Waals surface area contributed by atoms with Crippen LogP contribution in [0.1, 0.15) is 0 Å². The highest BCUT2D eigenvalue weighted by molar-refractivity contribution is 14.1. The number of ether oxygens (including phenoxy) is 2. The number of alkyl halides is 1. The van der Waals surface area contributed by atoms with E-state index in [9.17, 15) is 15.3 Å². The maximum absolute atomic E-state index is 9.43. The van der Waals surface area contributed by atoms with Gasteiger partial charge in [0, 0.05) is 11.5 Å². The molecule has 6 heteroatoms. The minimum absolute atomic E-state index is 0.496. The Labute approximate surface area is 89.8 Å². The van der Waals surface area contributed by atoms with Crippen molar-refractivity contribution in [3.63, 3.8) is 0 Å². The predicted octanol–water partition coefficient (Wildman–Crippen LogP) is -1.12. The number of rotatable bonds is 2. The average molecular weight is 304 g/mol. The van der Waals surface area contributed by atoms with Crippen molar-refractivity contribution in [2.75, 3.05) is 11.5 Å². The van der Waals surface area contributed by atoms with Crippen LogP contribution < -0.4 is 0 Å². The Hall–Kier alpha value is 0.530. The van der Waals surface area contributed by atoms with Crippen molar-refractivity contribution in [3.8, 4) is 0 Å². The maximum atomic E-state index is 9.43. The number of aliphatic hydroxyl groups is 3. The lowest BCUT2D eigenvalue weighted by Gasteiger charge is -2.39. The Bertz CT molecular complexity index is 147. The van der Waals surface area contributed by atoms with Gasteiger partial charge < -0.3 is 24.8 Å². The van der Waals surface area contributed by atoms with Gasteiger partial charge in [-0.15, -0.1) is 0 Å². The molecule has 1 saturated heterocycles. The third-order valence-corrected chi connectivity index (χ3v) is 2.92. The first-order valence-electron chi connectivity index (χ1n) is 3.90. The molecular weight excluding hydrogens is 291 g/mol. The second kappa shape index (κ2) is 4.85. The van der Waals surface area contributed by atoms with Crippen LogP contribution in [0.5, 0.6) is 0 Å². The zero-order chi connectivity index (χ0) is 10.0. The predicted molar refractivity (Wildman–Crippen MR) is 52.6 cm³/mol. The van der Waals surface area contributed by atoms with E-state index in [0.717, 1.165) is 0 Å². The van der Waals surface area contributed by atoms with Gasteiger partial charge in [0.25, 0.3) is 0 Å². The lowest BCUT2D eigenvalue weighted by molar-refractivity contribution is -0.284. The Morgan fingerprint density at radius 1 is 1.23 bits per heavy atom. The monoisotopic (exact) mass is 304 g/mol. The summed E-state index contributed by atoms with van der Waals surface area (Å²) in [5.41, 5.74) is 0. The molecule has 3 N–H and O–H groups in total. The van der Waals surface area contributed by atoms with Crippen LogP contribution in [0, 0.1) is 0 Å². The van der Waals surface area contributed by atoms with Crippen LogP contribution >= 0.6 is 22.6 Å². The fraction of sp³-hybridized carbons (Fsp3) is 1.00. The van der Waals surface area contributed by atoms with Crippen molar-refractivity contribution in [1.82, 2.24) is 0 Å². The quantitative estimate of drug-likeness (QED) is 0.445. The molecule has 0 bridgehead atoms. The maximum Gasteiger partial charge on any atom is 0.186 e. The third-order valence-electron chi connectivity index (χ3n) is 2.05. The fourth-order valence-corrected chi connectivity index (χ4v) is 1.97. The molecule has 1 aliphatic heterocycles. The van der Waals surface area contributed by atoms with Crippen molar-refractivity contribution < 1.29 is 24.8 Å². The smallest absolute Gasteiger partial charge is 0.186 e. The fourth-order valence-electron chi connectivity index (χ4n) is 1.24. The standard InChI is InChI=1S/C7H13IO5/c1-12-7-6(11)5(10)4(9)3(2-8)13-7/h3-7,9-11H,2H2,1H3/t3-,4-,5+,6-,7-/m0/s1. The van der Waals surface area contributed by atoms with E-state index in [-0.39, 0.29) is 0 Å². The molecule has 1 fully saturated rings. The number of halogens is 1. The van der Waals surface area contributed by atoms with Gasteiger partial charge in [0.2, 0.25) is 0 Å². The normalized spacial score (nSPS) is 46.4. The summed E-state index contributed by atoms with van der Waals surface area (Å²) in [6.07, 6.45) is -4.82. The largest absolute Gasteiger partial charge is 0.388 e. The Morgan fingerprint density at radius 3 is 2.31 bits per heavy atom. The van der Waals surface area contributed by atoms with Crippen molar-refractivity contribution in [2.45, 2.75) is 30.7 Å². The average Bonchev–Trinajstić information content (AvgIpc) is 2.15. The van der Waals surface area contributed by atoms with Crippen molar-refractivity contribution in [2.24, 2.45) is 0 Å². The van der Waals surface area contributed by atoms with Gasteiger partial charge in [-0.2, -0.15) is 0 Å². The van der Waals surface area contributed by atoms with E-state index < -0.39 is 30.7 Å². The molecule has 0 saturated carbocycles. The second-order valence-electron chi connectivity index (χ2n) is 2.90. The van der Waals surface area contributed by atoms with E-state index in [1.807, 2.05) is 22.6 Å². The molecule has 1 aliphatic rings. The molecule has 0 amide bonds. The van der Waals surface area contributed by atoms with Crippen LogP contribution in [0.2, 0.25) is 0 Å². The molecule has 1 rings (SSSR count). The van der Waals surface area contributed by atoms with Gasteiger partial charge in [0.15, 0.2) is 6.29 Å². The molecule has 0 radical (unpaired) electrons. The van der Waals surface area contributed by atoms with Crippen molar-refractivity contribution in [3.05, 3.63) is 0 Å². The van der Waals surface area contributed by atoms with Gasteiger partial charge in [-0.3, -0.25) is 0 Å². The molecule has 78 valence electrons. The molecule has 0 aromatic rings. The molecule has 0 spiro atoms. The summed E-state index contributed by atoms with van der Waals surface area (Å²) in [5, 5.41) is 28.2. The minimum Gasteiger partial charge on any atom is -0.388 e. The van der Waals surface area contributed by atoms with E-state index in [4.69, 9.17) is 9.47 Å². The van der Waals surface area contributed by atoms with Gasteiger partial charge in [0.05, 0.1) is 6.10 Å². The summed E-state index contributed by atoms with van der Waals surface area (Å²) in [4.78, 5) is 0. The Morgan fingerprint density at radius 2 is 1.85 bits per heavy atom. The van der Waals surface area contributed by atoms with Crippen LogP contribution in [-0.4, -0.2) is 57.6 Å². The molecule has 13 heavy (non-hydrogen) atoms. The van der Waals surface area contributed by atoms with E-state index in [1.54, 1.807) is 0 Å². The number of hydrogen-bond donors (Lipinski definition) is 3. The first-order chi connectivity index (χ1) is 6.11. The molecule has 0 aromatic heterocycles. The number of aliphatic hydroxyl groups excluding tert-OH is 3. The Kier molecular flexibility index (Phi) is 4.33. The zero-order valence-electron chi connectivity index (χ0n) is 7.13. The van der Waals surface area contributed by atoms with Crippen LogP contribution in [-0.2, 0) is 9.47 Å². The number of methoxy groups -OCH3 is 1. The van der Waals surface area contributed by atoms with Crippen LogP contribution in [0.3, 0.4) is 0 Å². The van der Waals surface area contributed by atoms with Crippen LogP contribution in [0.25, 0.3) is 0 Å². The SMILES string of the molecule is CO[C@H]1O[C@@H](CI)[C@H](O)[C@@H](O)[C@@H]1O. The van der Waals surface area contributed by atoms with E-state index in [1.165, 1.54) is 7.11 Å². The van der Waals surface area contributed by atoms with Gasteiger partial charge in [-0.25, -0.2) is 0 Å². The summed E-state index contributed by atoms with van der Waals surface area (Å²) in [6.45, 7) is 0. The second-order valence-corrected chi connectivity index (χ2v) is 3.79. The molecule has 5 atom stereocenters. The molecule has 0 aromatic carbocycles. The summed E-state index contributed by atoms with van der Waals surface area (Å²) in [7, 11) is 1.38. The van der Waals surface area contributed by atoms with Crippen LogP contribution in [0.15, 0.2) is 0 Å². The highest BCUT2D eigenvalue weighted by Gasteiger charge is 2.43. The van der Waals surface area contributed by atoms with Gasteiger partial charge in [-0.1, -0.05) is 22.6 Å². The molecule has 5 nitrogen and oxygen atoms in total. The Balaban J connectivity index is 2.66. The van der Waals surface area contributed by atoms with Gasteiger partial charge in [-0.05, 0) is 0 Å². The van der Waals surface area contributed by atoms with Crippen molar-refractivity contribution >= 4 is 22.6 Å². The molecule has 1 heterocycles. The van der Waals surface area contributed by atoms with E-state index >= 15 is 0 Å². The first-order valence-corrected chi connectivity index (χ1v) is 5.42. The van der Waals surface area contributed by atoms with Gasteiger partial charge >= 0.3 is 0 Å². The summed E-state index contributed by atoms with van der Waals surface area (Å²) in [6, 6.07) is 0. The van der Waals surface area contributed by atoms with Crippen molar-refractivity contribution in [1.29, 1.82) is 0 Å². The van der Waals surface area contributed by atoms with E-state index in [2.05, 4.69) is 0 Å². The summed E-state index contributed by atoms with van der Waals surface area (Å²) < 4.78 is 10.5. The van der Waals surface area contributed by atoms with Crippen LogP contribution in [0.4, 0.5) is 0 Å². The highest BCUT2D eigenvalue weighted by Crippen LogP contribution is 2.22. The zero-order valence-corrected chi connectivity index (χ0v) is 9.29. The molecular formula is C7H13IO5. The summed E-state index contributed by atoms with van der Waals surface area (Å²) in [5.74, 6) is 0. The molecule has 0 aliphatic carbocycles. The lowest BCUT2D eigenvalue weighted by atomic mass is 10.0. The van der Waals surface area contributed by atoms with E-state index in [0.29, 0.717) is 4.43 Å². The highest BCUT2D eigenvalue weighted by atomic mass is 127. The minimum atomic E-state index is -1.21. The number of hydrogen-bond acceptors (Lipinski definition) is 5. The first kappa shape index (κ1) is 11.6.